The van der Waals surface area contributed by atoms with E-state index in [1.54, 1.807) is 6.20 Å². The first-order valence-corrected chi connectivity index (χ1v) is 11.1. The number of aromatic nitrogens is 2. The normalized spacial score (nSPS) is 15.4. The van der Waals surface area contributed by atoms with Crippen LogP contribution < -0.4 is 16.0 Å². The second kappa shape index (κ2) is 10.7. The summed E-state index contributed by atoms with van der Waals surface area (Å²) in [6.07, 6.45) is 2.22. The van der Waals surface area contributed by atoms with Crippen molar-refractivity contribution in [1.29, 1.82) is 0 Å². The van der Waals surface area contributed by atoms with Gasteiger partial charge < -0.3 is 15.7 Å². The highest BCUT2D eigenvalue weighted by atomic mass is 19.1. The largest absolute Gasteiger partial charge is 0.465 e. The van der Waals surface area contributed by atoms with E-state index in [1.165, 1.54) is 24.3 Å². The van der Waals surface area contributed by atoms with Crippen LogP contribution in [0.2, 0.25) is 0 Å². The fourth-order valence-corrected chi connectivity index (χ4v) is 3.98. The first-order chi connectivity index (χ1) is 16.9. The van der Waals surface area contributed by atoms with E-state index >= 15 is 0 Å². The van der Waals surface area contributed by atoms with E-state index < -0.39 is 29.8 Å². The molecule has 10 heteroatoms. The van der Waals surface area contributed by atoms with Gasteiger partial charge >= 0.3 is 6.09 Å². The highest BCUT2D eigenvalue weighted by molar-refractivity contribution is 6.03. The van der Waals surface area contributed by atoms with Gasteiger partial charge in [0.25, 0.3) is 5.91 Å². The molecule has 180 valence electrons. The van der Waals surface area contributed by atoms with Gasteiger partial charge in [-0.3, -0.25) is 14.9 Å². The van der Waals surface area contributed by atoms with Gasteiger partial charge in [-0.15, -0.1) is 0 Å². The Bertz CT molecular complexity index is 1220. The van der Waals surface area contributed by atoms with Gasteiger partial charge in [-0.25, -0.2) is 19.2 Å². The van der Waals surface area contributed by atoms with Crippen LogP contribution in [0.15, 0.2) is 60.8 Å². The predicted molar refractivity (Wildman–Crippen MR) is 125 cm³/mol. The summed E-state index contributed by atoms with van der Waals surface area (Å²) in [5.74, 6) is -1.12. The number of hydrogen-bond acceptors (Lipinski definition) is 5. The summed E-state index contributed by atoms with van der Waals surface area (Å²) in [6, 6.07) is 13.2. The maximum absolute atomic E-state index is 13.1. The molecule has 1 aliphatic rings. The van der Waals surface area contributed by atoms with Crippen LogP contribution in [0.1, 0.15) is 33.6 Å². The van der Waals surface area contributed by atoms with Crippen LogP contribution in [-0.2, 0) is 24.1 Å². The average molecular weight is 477 g/mol. The molecule has 2 aromatic carbocycles. The molecule has 3 amide bonds. The van der Waals surface area contributed by atoms with Crippen molar-refractivity contribution >= 4 is 23.9 Å². The van der Waals surface area contributed by atoms with E-state index in [0.717, 1.165) is 16.8 Å². The number of anilines is 1. The molecule has 4 N–H and O–H groups in total. The topological polar surface area (TPSA) is 133 Å². The Morgan fingerprint density at radius 2 is 1.83 bits per heavy atom. The van der Waals surface area contributed by atoms with Gasteiger partial charge in [0.2, 0.25) is 11.9 Å². The molecule has 0 radical (unpaired) electrons. The number of aryl methyl sites for hydroxylation is 1. The van der Waals surface area contributed by atoms with Crippen molar-refractivity contribution in [3.63, 3.8) is 0 Å². The number of fused-ring (bicyclic) bond motifs is 1. The lowest BCUT2D eigenvalue weighted by atomic mass is 9.92. The van der Waals surface area contributed by atoms with Crippen LogP contribution in [0.3, 0.4) is 0 Å². The Hall–Kier alpha value is -4.34. The Labute approximate surface area is 200 Å². The van der Waals surface area contributed by atoms with Crippen molar-refractivity contribution in [2.45, 2.75) is 37.8 Å². The molecular weight excluding hydrogens is 453 g/mol. The second-order valence-electron chi connectivity index (χ2n) is 8.27. The van der Waals surface area contributed by atoms with Crippen LogP contribution in [0, 0.1) is 5.82 Å². The highest BCUT2D eigenvalue weighted by Gasteiger charge is 2.27. The quantitative estimate of drug-likeness (QED) is 0.414. The van der Waals surface area contributed by atoms with Crippen LogP contribution in [0.5, 0.6) is 0 Å². The fraction of sp³-hybridized carbons (Fsp3) is 0.240. The smallest absolute Gasteiger partial charge is 0.405 e. The lowest BCUT2D eigenvalue weighted by molar-refractivity contribution is -0.123. The summed E-state index contributed by atoms with van der Waals surface area (Å²) in [6.45, 7) is 0. The van der Waals surface area contributed by atoms with Gasteiger partial charge in [0.15, 0.2) is 0 Å². The molecule has 0 aliphatic heterocycles. The molecule has 0 spiro atoms. The summed E-state index contributed by atoms with van der Waals surface area (Å²) >= 11 is 0. The molecular formula is C25H24FN5O4. The number of benzene rings is 2. The number of carboxylic acid groups (broad SMARTS) is 1. The number of rotatable bonds is 7. The van der Waals surface area contributed by atoms with Gasteiger partial charge in [-0.2, -0.15) is 0 Å². The van der Waals surface area contributed by atoms with E-state index in [1.807, 2.05) is 30.3 Å². The molecule has 35 heavy (non-hydrogen) atoms. The number of halogens is 1. The summed E-state index contributed by atoms with van der Waals surface area (Å²) in [4.78, 5) is 45.0. The van der Waals surface area contributed by atoms with Gasteiger partial charge in [-0.1, -0.05) is 30.3 Å². The molecule has 0 bridgehead atoms. The maximum Gasteiger partial charge on any atom is 0.405 e. The molecule has 2 unspecified atom stereocenters. The van der Waals surface area contributed by atoms with Crippen LogP contribution >= 0.6 is 0 Å². The number of amides is 3. The van der Waals surface area contributed by atoms with Gasteiger partial charge in [-0.05, 0) is 54.7 Å². The number of nitrogens with one attached hydrogen (secondary N) is 3. The van der Waals surface area contributed by atoms with Crippen molar-refractivity contribution in [2.24, 2.45) is 0 Å². The van der Waals surface area contributed by atoms with Crippen LogP contribution in [-0.4, -0.2) is 45.1 Å². The molecule has 1 heterocycles. The molecule has 1 aliphatic carbocycles. The van der Waals surface area contributed by atoms with Crippen molar-refractivity contribution in [3.05, 3.63) is 89.0 Å². The number of nitrogens with zero attached hydrogens (tertiary/aromatic N) is 2. The zero-order valence-corrected chi connectivity index (χ0v) is 18.7. The van der Waals surface area contributed by atoms with Gasteiger partial charge in [0, 0.05) is 29.9 Å². The molecule has 4 rings (SSSR count). The molecule has 0 saturated heterocycles. The van der Waals surface area contributed by atoms with E-state index in [2.05, 4.69) is 25.9 Å². The maximum atomic E-state index is 13.1. The summed E-state index contributed by atoms with van der Waals surface area (Å²) in [7, 11) is 0. The van der Waals surface area contributed by atoms with E-state index in [0.29, 0.717) is 19.3 Å². The first-order valence-electron chi connectivity index (χ1n) is 11.1. The lowest BCUT2D eigenvalue weighted by Crippen LogP contribution is -2.51. The minimum absolute atomic E-state index is 0.147. The summed E-state index contributed by atoms with van der Waals surface area (Å²) in [5, 5.41) is 17.0. The monoisotopic (exact) mass is 477 g/mol. The summed E-state index contributed by atoms with van der Waals surface area (Å²) < 4.78 is 13.1. The third kappa shape index (κ3) is 6.38. The van der Waals surface area contributed by atoms with Crippen LogP contribution in [0.25, 0.3) is 0 Å². The number of hydrogen-bond donors (Lipinski definition) is 4. The number of carbonyl (C=O) groups excluding carboxylic acids is 2. The van der Waals surface area contributed by atoms with Crippen molar-refractivity contribution < 1.29 is 23.9 Å². The SMILES string of the molecule is O=C(O)NC(Cc1ccccc1)C(=O)NC1CCc2nc(NC(=O)c3ccc(F)cc3)ncc2C1. The zero-order chi connectivity index (χ0) is 24.8. The molecule has 2 atom stereocenters. The minimum Gasteiger partial charge on any atom is -0.465 e. The molecule has 9 nitrogen and oxygen atoms in total. The predicted octanol–water partition coefficient (Wildman–Crippen LogP) is 2.72. The highest BCUT2D eigenvalue weighted by Crippen LogP contribution is 2.21. The fourth-order valence-electron chi connectivity index (χ4n) is 3.98. The van der Waals surface area contributed by atoms with Gasteiger partial charge in [0.05, 0.1) is 0 Å². The van der Waals surface area contributed by atoms with Crippen molar-refractivity contribution in [1.82, 2.24) is 20.6 Å². The van der Waals surface area contributed by atoms with E-state index in [4.69, 9.17) is 5.11 Å². The Morgan fingerprint density at radius 3 is 2.54 bits per heavy atom. The third-order valence-corrected chi connectivity index (χ3v) is 5.73. The molecule has 3 aromatic rings. The standard InChI is InChI=1S/C25H24FN5O4/c26-18-8-6-16(7-9-18)22(32)31-24-27-14-17-13-19(10-11-20(17)29-24)28-23(33)21(30-25(34)35)12-15-4-2-1-3-5-15/h1-9,14,19,21,30H,10-13H2,(H,28,33)(H,34,35)(H,27,29,31,32). The van der Waals surface area contributed by atoms with E-state index in [-0.39, 0.29) is 24.0 Å². The lowest BCUT2D eigenvalue weighted by Gasteiger charge is -2.27. The minimum atomic E-state index is -1.27. The zero-order valence-electron chi connectivity index (χ0n) is 18.7. The Morgan fingerprint density at radius 1 is 1.09 bits per heavy atom. The first kappa shape index (κ1) is 23.8. The van der Waals surface area contributed by atoms with Crippen molar-refractivity contribution in [2.75, 3.05) is 5.32 Å². The Balaban J connectivity index is 1.37. The van der Waals surface area contributed by atoms with Gasteiger partial charge in [0.1, 0.15) is 11.9 Å². The second-order valence-corrected chi connectivity index (χ2v) is 8.27. The molecule has 1 aromatic heterocycles. The summed E-state index contributed by atoms with van der Waals surface area (Å²) in [5.41, 5.74) is 2.74. The van der Waals surface area contributed by atoms with E-state index in [9.17, 15) is 18.8 Å². The van der Waals surface area contributed by atoms with Crippen LogP contribution in [0.4, 0.5) is 15.1 Å². The third-order valence-electron chi connectivity index (χ3n) is 5.73. The Kier molecular flexibility index (Phi) is 7.30. The number of carbonyl (C=O) groups is 3. The molecule has 0 saturated carbocycles. The van der Waals surface area contributed by atoms with Crippen molar-refractivity contribution in [3.8, 4) is 0 Å². The molecule has 0 fully saturated rings. The average Bonchev–Trinajstić information content (AvgIpc) is 2.84.